The molecular weight excluding hydrogens is 309 g/mol. The predicted octanol–water partition coefficient (Wildman–Crippen LogP) is 2.45. The van der Waals surface area contributed by atoms with E-state index < -0.39 is 12.6 Å². The van der Waals surface area contributed by atoms with Crippen LogP contribution in [-0.2, 0) is 11.2 Å². The highest BCUT2D eigenvalue weighted by Crippen LogP contribution is 2.25. The third kappa shape index (κ3) is 6.03. The quantitative estimate of drug-likeness (QED) is 0.870. The summed E-state index contributed by atoms with van der Waals surface area (Å²) in [5.41, 5.74) is 5.57. The molecule has 1 unspecified atom stereocenters. The van der Waals surface area contributed by atoms with Gasteiger partial charge in [0.15, 0.2) is 0 Å². The summed E-state index contributed by atoms with van der Waals surface area (Å²) in [5.74, 6) is 0.486. The van der Waals surface area contributed by atoms with Gasteiger partial charge in [-0.2, -0.15) is 13.2 Å². The second-order valence-corrected chi connectivity index (χ2v) is 5.92. The molecule has 1 fully saturated rings. The minimum Gasteiger partial charge on any atom is -0.370 e. The number of nitrogens with two attached hydrogens (primary N) is 1. The number of anilines is 1. The largest absolute Gasteiger partial charge is 0.389 e. The number of hydrogen-bond acceptors (Lipinski definition) is 4. The van der Waals surface area contributed by atoms with E-state index in [1.165, 1.54) is 12.3 Å². The SMILES string of the molecule is NC(=O)CCC1CCCN(c2nccc(CCC(F)(F)F)n2)C1. The van der Waals surface area contributed by atoms with E-state index in [0.29, 0.717) is 30.5 Å². The van der Waals surface area contributed by atoms with Gasteiger partial charge in [0.1, 0.15) is 0 Å². The molecule has 23 heavy (non-hydrogen) atoms. The Morgan fingerprint density at radius 1 is 1.43 bits per heavy atom. The lowest BCUT2D eigenvalue weighted by molar-refractivity contribution is -0.134. The Hall–Kier alpha value is -1.86. The van der Waals surface area contributed by atoms with Crippen LogP contribution in [0.4, 0.5) is 19.1 Å². The first-order valence-electron chi connectivity index (χ1n) is 7.75. The van der Waals surface area contributed by atoms with E-state index >= 15 is 0 Å². The number of primary amides is 1. The topological polar surface area (TPSA) is 72.1 Å². The fourth-order valence-electron chi connectivity index (χ4n) is 2.77. The highest BCUT2D eigenvalue weighted by Gasteiger charge is 2.27. The van der Waals surface area contributed by atoms with Crippen LogP contribution in [-0.4, -0.2) is 35.1 Å². The molecule has 1 saturated heterocycles. The average Bonchev–Trinajstić information content (AvgIpc) is 2.51. The Bertz CT molecular complexity index is 536. The fourth-order valence-corrected chi connectivity index (χ4v) is 2.77. The van der Waals surface area contributed by atoms with Gasteiger partial charge in [0.05, 0.1) is 0 Å². The number of carbonyl (C=O) groups is 1. The van der Waals surface area contributed by atoms with Crippen molar-refractivity contribution in [3.63, 3.8) is 0 Å². The third-order valence-corrected chi connectivity index (χ3v) is 3.97. The van der Waals surface area contributed by atoms with E-state index in [2.05, 4.69) is 9.97 Å². The maximum atomic E-state index is 12.3. The van der Waals surface area contributed by atoms with Crippen LogP contribution in [0.25, 0.3) is 0 Å². The molecule has 1 amide bonds. The Morgan fingerprint density at radius 3 is 2.91 bits per heavy atom. The van der Waals surface area contributed by atoms with Gasteiger partial charge in [-0.05, 0) is 37.7 Å². The van der Waals surface area contributed by atoms with E-state index in [1.54, 1.807) is 0 Å². The minimum absolute atomic E-state index is 0.141. The average molecular weight is 330 g/mol. The van der Waals surface area contributed by atoms with Crippen LogP contribution in [0.2, 0.25) is 0 Å². The number of halogens is 3. The van der Waals surface area contributed by atoms with Crippen molar-refractivity contribution < 1.29 is 18.0 Å². The van der Waals surface area contributed by atoms with Gasteiger partial charge in [-0.25, -0.2) is 9.97 Å². The van der Waals surface area contributed by atoms with Gasteiger partial charge < -0.3 is 10.6 Å². The summed E-state index contributed by atoms with van der Waals surface area (Å²) in [4.78, 5) is 21.3. The van der Waals surface area contributed by atoms with Gasteiger partial charge in [0.25, 0.3) is 0 Å². The van der Waals surface area contributed by atoms with Gasteiger partial charge in [-0.3, -0.25) is 4.79 Å². The number of rotatable bonds is 6. The zero-order valence-electron chi connectivity index (χ0n) is 12.9. The summed E-state index contributed by atoms with van der Waals surface area (Å²) >= 11 is 0. The van der Waals surface area contributed by atoms with Crippen LogP contribution in [0.3, 0.4) is 0 Å². The lowest BCUT2D eigenvalue weighted by atomic mass is 9.93. The molecule has 1 aliphatic rings. The molecule has 0 bridgehead atoms. The second kappa shape index (κ2) is 7.61. The molecule has 0 aliphatic carbocycles. The molecule has 0 spiro atoms. The number of nitrogens with zero attached hydrogens (tertiary/aromatic N) is 3. The first-order chi connectivity index (χ1) is 10.8. The van der Waals surface area contributed by atoms with E-state index in [4.69, 9.17) is 5.73 Å². The molecule has 0 aromatic carbocycles. The van der Waals surface area contributed by atoms with Crippen LogP contribution in [0.5, 0.6) is 0 Å². The number of hydrogen-bond donors (Lipinski definition) is 1. The molecular formula is C15H21F3N4O. The van der Waals surface area contributed by atoms with E-state index in [1.807, 2.05) is 4.90 Å². The van der Waals surface area contributed by atoms with Crippen LogP contribution >= 0.6 is 0 Å². The molecule has 0 radical (unpaired) electrons. The zero-order chi connectivity index (χ0) is 16.9. The third-order valence-electron chi connectivity index (χ3n) is 3.97. The van der Waals surface area contributed by atoms with Crippen molar-refractivity contribution in [3.05, 3.63) is 18.0 Å². The highest BCUT2D eigenvalue weighted by molar-refractivity contribution is 5.73. The lowest BCUT2D eigenvalue weighted by Crippen LogP contribution is -2.37. The monoisotopic (exact) mass is 330 g/mol. The number of carbonyl (C=O) groups excluding carboxylic acids is 1. The Kier molecular flexibility index (Phi) is 5.79. The number of alkyl halides is 3. The number of amides is 1. The molecule has 128 valence electrons. The van der Waals surface area contributed by atoms with Gasteiger partial charge in [-0.1, -0.05) is 0 Å². The van der Waals surface area contributed by atoms with Crippen molar-refractivity contribution >= 4 is 11.9 Å². The van der Waals surface area contributed by atoms with Crippen molar-refractivity contribution in [2.75, 3.05) is 18.0 Å². The summed E-state index contributed by atoms with van der Waals surface area (Å²) in [5, 5.41) is 0. The minimum atomic E-state index is -4.18. The molecule has 2 N–H and O–H groups in total. The number of aryl methyl sites for hydroxylation is 1. The predicted molar refractivity (Wildman–Crippen MR) is 79.8 cm³/mol. The van der Waals surface area contributed by atoms with Gasteiger partial charge in [0, 0.05) is 37.8 Å². The summed E-state index contributed by atoms with van der Waals surface area (Å²) < 4.78 is 36.9. The smallest absolute Gasteiger partial charge is 0.370 e. The molecule has 2 rings (SSSR count). The first kappa shape index (κ1) is 17.5. The van der Waals surface area contributed by atoms with Crippen molar-refractivity contribution in [1.82, 2.24) is 9.97 Å². The normalized spacial score (nSPS) is 18.9. The summed E-state index contributed by atoms with van der Waals surface area (Å²) in [7, 11) is 0. The summed E-state index contributed by atoms with van der Waals surface area (Å²) in [6.45, 7) is 1.48. The fraction of sp³-hybridized carbons (Fsp3) is 0.667. The molecule has 1 atom stereocenters. The zero-order valence-corrected chi connectivity index (χ0v) is 12.9. The maximum absolute atomic E-state index is 12.3. The van der Waals surface area contributed by atoms with Crippen LogP contribution in [0.15, 0.2) is 12.3 Å². The molecule has 8 heteroatoms. The van der Waals surface area contributed by atoms with Crippen molar-refractivity contribution in [2.24, 2.45) is 11.7 Å². The first-order valence-corrected chi connectivity index (χ1v) is 7.75. The molecule has 2 heterocycles. The van der Waals surface area contributed by atoms with Crippen LogP contribution in [0, 0.1) is 5.92 Å². The molecule has 5 nitrogen and oxygen atoms in total. The maximum Gasteiger partial charge on any atom is 0.389 e. The number of piperidine rings is 1. The van der Waals surface area contributed by atoms with Crippen molar-refractivity contribution in [3.8, 4) is 0 Å². The van der Waals surface area contributed by atoms with Gasteiger partial charge in [-0.15, -0.1) is 0 Å². The standard InChI is InChI=1S/C15H21F3N4O/c16-15(17,18)7-5-12-6-8-20-14(21-12)22-9-1-2-11(10-22)3-4-13(19)23/h6,8,11H,1-5,7,9-10H2,(H2,19,23). The van der Waals surface area contributed by atoms with Crippen molar-refractivity contribution in [2.45, 2.75) is 44.7 Å². The molecule has 0 saturated carbocycles. The van der Waals surface area contributed by atoms with Crippen LogP contribution in [0.1, 0.15) is 37.8 Å². The van der Waals surface area contributed by atoms with Crippen LogP contribution < -0.4 is 10.6 Å². The summed E-state index contributed by atoms with van der Waals surface area (Å²) in [6.07, 6.45) is -0.679. The van der Waals surface area contributed by atoms with E-state index in [-0.39, 0.29) is 12.3 Å². The van der Waals surface area contributed by atoms with E-state index in [9.17, 15) is 18.0 Å². The lowest BCUT2D eigenvalue weighted by Gasteiger charge is -2.32. The second-order valence-electron chi connectivity index (χ2n) is 5.92. The molecule has 1 aromatic heterocycles. The Balaban J connectivity index is 1.96. The molecule has 1 aliphatic heterocycles. The van der Waals surface area contributed by atoms with Gasteiger partial charge >= 0.3 is 6.18 Å². The highest BCUT2D eigenvalue weighted by atomic mass is 19.4. The van der Waals surface area contributed by atoms with Crippen molar-refractivity contribution in [1.29, 1.82) is 0 Å². The summed E-state index contributed by atoms with van der Waals surface area (Å²) in [6, 6.07) is 1.52. The molecule has 1 aromatic rings. The Labute approximate surface area is 133 Å². The Morgan fingerprint density at radius 2 is 2.22 bits per heavy atom. The number of aromatic nitrogens is 2. The van der Waals surface area contributed by atoms with E-state index in [0.717, 1.165) is 25.8 Å². The van der Waals surface area contributed by atoms with Gasteiger partial charge in [0.2, 0.25) is 11.9 Å².